The lowest BCUT2D eigenvalue weighted by Crippen LogP contribution is -2.25. The summed E-state index contributed by atoms with van der Waals surface area (Å²) in [6.07, 6.45) is 0. The van der Waals surface area contributed by atoms with Crippen molar-refractivity contribution in [3.63, 3.8) is 0 Å². The summed E-state index contributed by atoms with van der Waals surface area (Å²) in [6, 6.07) is 2.28. The van der Waals surface area contributed by atoms with Crippen LogP contribution in [0.5, 0.6) is 0 Å². The summed E-state index contributed by atoms with van der Waals surface area (Å²) in [7, 11) is 0. The number of hydrogen-bond donors (Lipinski definition) is 1. The molecule has 2 rings (SSSR count). The van der Waals surface area contributed by atoms with E-state index in [2.05, 4.69) is 51.0 Å². The van der Waals surface area contributed by atoms with E-state index in [9.17, 15) is 0 Å². The number of hydrogen-bond acceptors (Lipinski definition) is 2. The van der Waals surface area contributed by atoms with Crippen LogP contribution in [0.3, 0.4) is 0 Å². The zero-order chi connectivity index (χ0) is 12.6. The van der Waals surface area contributed by atoms with Crippen LogP contribution in [-0.4, -0.2) is 18.9 Å². The molecule has 0 fully saturated rings. The Labute approximate surface area is 104 Å². The molecular formula is C15H22N2. The molecule has 1 aromatic carbocycles. The molecular weight excluding hydrogens is 208 g/mol. The summed E-state index contributed by atoms with van der Waals surface area (Å²) in [5.41, 5.74) is 7.05. The molecule has 1 atom stereocenters. The molecule has 0 bridgehead atoms. The second-order valence-electron chi connectivity index (χ2n) is 5.09. The summed E-state index contributed by atoms with van der Waals surface area (Å²) in [4.78, 5) is 4.56. The molecule has 92 valence electrons. The van der Waals surface area contributed by atoms with Crippen molar-refractivity contribution in [2.24, 2.45) is 4.99 Å². The van der Waals surface area contributed by atoms with Gasteiger partial charge in [0, 0.05) is 12.5 Å². The van der Waals surface area contributed by atoms with Gasteiger partial charge in [-0.05, 0) is 55.5 Å². The van der Waals surface area contributed by atoms with Crippen molar-refractivity contribution < 1.29 is 0 Å². The minimum Gasteiger partial charge on any atom is -0.371 e. The van der Waals surface area contributed by atoms with E-state index in [1.165, 1.54) is 27.8 Å². The van der Waals surface area contributed by atoms with Crippen LogP contribution in [0.25, 0.3) is 0 Å². The molecule has 1 N–H and O–H groups in total. The average molecular weight is 230 g/mol. The Morgan fingerprint density at radius 2 is 1.71 bits per heavy atom. The van der Waals surface area contributed by atoms with E-state index in [-0.39, 0.29) is 0 Å². The van der Waals surface area contributed by atoms with Crippen LogP contribution in [0.1, 0.15) is 40.7 Å². The molecule has 1 heterocycles. The first kappa shape index (κ1) is 12.2. The summed E-state index contributed by atoms with van der Waals surface area (Å²) < 4.78 is 0. The lowest BCUT2D eigenvalue weighted by Gasteiger charge is -2.21. The Bertz CT molecular complexity index is 446. The number of rotatable bonds is 2. The minimum atomic E-state index is 0.385. The fourth-order valence-electron chi connectivity index (χ4n) is 2.74. The number of amidine groups is 1. The van der Waals surface area contributed by atoms with Crippen molar-refractivity contribution >= 4 is 5.84 Å². The van der Waals surface area contributed by atoms with Crippen molar-refractivity contribution in [2.45, 2.75) is 40.5 Å². The molecule has 2 nitrogen and oxygen atoms in total. The van der Waals surface area contributed by atoms with Crippen molar-refractivity contribution in [1.82, 2.24) is 5.32 Å². The van der Waals surface area contributed by atoms with E-state index >= 15 is 0 Å². The van der Waals surface area contributed by atoms with Crippen molar-refractivity contribution in [2.75, 3.05) is 13.1 Å². The normalized spacial score (nSPS) is 16.6. The van der Waals surface area contributed by atoms with Crippen LogP contribution in [0.4, 0.5) is 0 Å². The van der Waals surface area contributed by atoms with Gasteiger partial charge in [-0.2, -0.15) is 0 Å². The smallest absolute Gasteiger partial charge is 0.104 e. The van der Waals surface area contributed by atoms with Gasteiger partial charge in [-0.1, -0.05) is 13.0 Å². The highest BCUT2D eigenvalue weighted by Gasteiger charge is 2.20. The Kier molecular flexibility index (Phi) is 3.23. The van der Waals surface area contributed by atoms with Gasteiger partial charge in [-0.3, -0.25) is 4.99 Å². The van der Waals surface area contributed by atoms with Crippen LogP contribution >= 0.6 is 0 Å². The van der Waals surface area contributed by atoms with Gasteiger partial charge in [-0.25, -0.2) is 0 Å². The molecule has 0 aliphatic carbocycles. The molecule has 0 radical (unpaired) electrons. The fourth-order valence-corrected chi connectivity index (χ4v) is 2.74. The Morgan fingerprint density at radius 3 is 2.18 bits per heavy atom. The van der Waals surface area contributed by atoms with Gasteiger partial charge in [0.05, 0.1) is 6.54 Å². The van der Waals surface area contributed by atoms with Crippen LogP contribution in [0.15, 0.2) is 11.1 Å². The number of aliphatic imine (C=N–C) groups is 1. The quantitative estimate of drug-likeness (QED) is 0.829. The predicted molar refractivity (Wildman–Crippen MR) is 74.1 cm³/mol. The predicted octanol–water partition coefficient (Wildman–Crippen LogP) is 3.03. The van der Waals surface area contributed by atoms with E-state index in [0.717, 1.165) is 18.9 Å². The second kappa shape index (κ2) is 4.52. The van der Waals surface area contributed by atoms with E-state index in [0.29, 0.717) is 5.92 Å². The molecule has 17 heavy (non-hydrogen) atoms. The Morgan fingerprint density at radius 1 is 1.12 bits per heavy atom. The van der Waals surface area contributed by atoms with Gasteiger partial charge in [0.25, 0.3) is 0 Å². The maximum atomic E-state index is 4.56. The van der Waals surface area contributed by atoms with Crippen molar-refractivity contribution in [3.8, 4) is 0 Å². The number of nitrogens with one attached hydrogen (secondary N) is 1. The molecule has 0 saturated carbocycles. The van der Waals surface area contributed by atoms with Crippen molar-refractivity contribution in [1.29, 1.82) is 0 Å². The molecule has 0 spiro atoms. The largest absolute Gasteiger partial charge is 0.371 e. The lowest BCUT2D eigenvalue weighted by molar-refractivity contribution is 0.903. The molecule has 0 saturated heterocycles. The van der Waals surface area contributed by atoms with Gasteiger partial charge < -0.3 is 5.32 Å². The van der Waals surface area contributed by atoms with Crippen molar-refractivity contribution in [3.05, 3.63) is 33.9 Å². The van der Waals surface area contributed by atoms with Crippen LogP contribution in [0, 0.1) is 27.7 Å². The Hall–Kier alpha value is -1.31. The SMILES string of the molecule is Cc1cc(C)c(C)c(C(C)C2=NCCN2)c1C. The highest BCUT2D eigenvalue weighted by molar-refractivity contribution is 5.90. The zero-order valence-electron chi connectivity index (χ0n) is 11.5. The first-order valence-corrected chi connectivity index (χ1v) is 6.38. The topological polar surface area (TPSA) is 24.4 Å². The molecule has 1 aromatic rings. The maximum absolute atomic E-state index is 4.56. The summed E-state index contributed by atoms with van der Waals surface area (Å²) in [6.45, 7) is 13.0. The van der Waals surface area contributed by atoms with E-state index < -0.39 is 0 Å². The Balaban J connectivity index is 2.50. The second-order valence-corrected chi connectivity index (χ2v) is 5.09. The summed E-state index contributed by atoms with van der Waals surface area (Å²) in [5.74, 6) is 1.54. The molecule has 0 amide bonds. The third-order valence-electron chi connectivity index (χ3n) is 3.97. The van der Waals surface area contributed by atoms with Crippen LogP contribution < -0.4 is 5.32 Å². The molecule has 1 aliphatic heterocycles. The van der Waals surface area contributed by atoms with Crippen LogP contribution in [-0.2, 0) is 0 Å². The first-order valence-electron chi connectivity index (χ1n) is 6.38. The van der Waals surface area contributed by atoms with Gasteiger partial charge in [0.1, 0.15) is 5.84 Å². The van der Waals surface area contributed by atoms with Crippen LogP contribution in [0.2, 0.25) is 0 Å². The molecule has 2 heteroatoms. The number of benzene rings is 1. The molecule has 0 aromatic heterocycles. The maximum Gasteiger partial charge on any atom is 0.104 e. The van der Waals surface area contributed by atoms with E-state index in [1.54, 1.807) is 0 Å². The third kappa shape index (κ3) is 2.08. The molecule has 1 aliphatic rings. The zero-order valence-corrected chi connectivity index (χ0v) is 11.5. The van der Waals surface area contributed by atoms with E-state index in [4.69, 9.17) is 0 Å². The summed E-state index contributed by atoms with van der Waals surface area (Å²) in [5, 5.41) is 3.40. The third-order valence-corrected chi connectivity index (χ3v) is 3.97. The van der Waals surface area contributed by atoms with E-state index in [1.807, 2.05) is 0 Å². The van der Waals surface area contributed by atoms with Gasteiger partial charge in [-0.15, -0.1) is 0 Å². The van der Waals surface area contributed by atoms with Gasteiger partial charge >= 0.3 is 0 Å². The standard InChI is InChI=1S/C15H22N2/c1-9-8-10(2)12(4)14(11(9)3)13(5)15-16-6-7-17-15/h8,13H,6-7H2,1-5H3,(H,16,17). The number of aryl methyl sites for hydroxylation is 2. The average Bonchev–Trinajstić information content (AvgIpc) is 2.80. The monoisotopic (exact) mass is 230 g/mol. The minimum absolute atomic E-state index is 0.385. The molecule has 1 unspecified atom stereocenters. The summed E-state index contributed by atoms with van der Waals surface area (Å²) >= 11 is 0. The first-order chi connectivity index (χ1) is 8.02. The number of nitrogens with zero attached hydrogens (tertiary/aromatic N) is 1. The van der Waals surface area contributed by atoms with Gasteiger partial charge in [0.15, 0.2) is 0 Å². The highest BCUT2D eigenvalue weighted by Crippen LogP contribution is 2.29. The fraction of sp³-hybridized carbons (Fsp3) is 0.533. The van der Waals surface area contributed by atoms with Gasteiger partial charge in [0.2, 0.25) is 0 Å². The highest BCUT2D eigenvalue weighted by atomic mass is 15.1. The lowest BCUT2D eigenvalue weighted by atomic mass is 9.86.